The summed E-state index contributed by atoms with van der Waals surface area (Å²) in [6, 6.07) is 9.94. The van der Waals surface area contributed by atoms with Crippen molar-refractivity contribution in [2.24, 2.45) is 5.41 Å². The zero-order valence-electron chi connectivity index (χ0n) is 15.7. The van der Waals surface area contributed by atoms with Crippen LogP contribution in [0.4, 0.5) is 0 Å². The zero-order chi connectivity index (χ0) is 18.4. The van der Waals surface area contributed by atoms with E-state index in [9.17, 15) is 9.90 Å². The van der Waals surface area contributed by atoms with E-state index >= 15 is 0 Å². The fourth-order valence-corrected chi connectivity index (χ4v) is 3.48. The maximum atomic E-state index is 12.8. The highest BCUT2D eigenvalue weighted by Crippen LogP contribution is 2.38. The minimum Gasteiger partial charge on any atom is -0.388 e. The number of β-amino-alcohol motifs (C(OH)–C–C–N with tert-alkyl or cyclic N) is 1. The van der Waals surface area contributed by atoms with Crippen molar-refractivity contribution in [3.8, 4) is 5.69 Å². The van der Waals surface area contributed by atoms with Crippen LogP contribution in [0.3, 0.4) is 0 Å². The van der Waals surface area contributed by atoms with Gasteiger partial charge >= 0.3 is 0 Å². The van der Waals surface area contributed by atoms with E-state index in [4.69, 9.17) is 0 Å². The van der Waals surface area contributed by atoms with Crippen LogP contribution in [0, 0.1) is 19.3 Å². The van der Waals surface area contributed by atoms with Crippen LogP contribution in [0.1, 0.15) is 37.7 Å². The number of nitrogens with zero attached hydrogens (tertiary/aromatic N) is 3. The number of carbonyl (C=O) groups is 1. The molecule has 1 aromatic carbocycles. The van der Waals surface area contributed by atoms with Gasteiger partial charge in [-0.1, -0.05) is 32.0 Å². The van der Waals surface area contributed by atoms with Crippen molar-refractivity contribution < 1.29 is 9.90 Å². The molecule has 2 aromatic rings. The molecular formula is C20H27N3O2. The summed E-state index contributed by atoms with van der Waals surface area (Å²) in [6.07, 6.45) is 0.316. The Morgan fingerprint density at radius 3 is 2.36 bits per heavy atom. The van der Waals surface area contributed by atoms with Gasteiger partial charge in [0.2, 0.25) is 5.91 Å². The molecule has 1 saturated heterocycles. The fraction of sp³-hybridized carbons (Fsp3) is 0.500. The average molecular weight is 341 g/mol. The Morgan fingerprint density at radius 2 is 1.80 bits per heavy atom. The summed E-state index contributed by atoms with van der Waals surface area (Å²) in [5, 5.41) is 15.2. The molecule has 1 aromatic heterocycles. The number of rotatable bonds is 3. The first kappa shape index (κ1) is 17.7. The van der Waals surface area contributed by atoms with Crippen molar-refractivity contribution in [1.82, 2.24) is 14.7 Å². The molecule has 1 fully saturated rings. The Labute approximate surface area is 149 Å². The van der Waals surface area contributed by atoms with Crippen LogP contribution in [0.2, 0.25) is 0 Å². The van der Waals surface area contributed by atoms with E-state index in [2.05, 4.69) is 5.10 Å². The van der Waals surface area contributed by atoms with Gasteiger partial charge in [-0.15, -0.1) is 0 Å². The summed E-state index contributed by atoms with van der Waals surface area (Å²) in [6.45, 7) is 10.7. The second-order valence-corrected chi connectivity index (χ2v) is 7.98. The van der Waals surface area contributed by atoms with E-state index < -0.39 is 5.60 Å². The first-order chi connectivity index (χ1) is 11.6. The van der Waals surface area contributed by atoms with Crippen LogP contribution in [0.25, 0.3) is 5.69 Å². The molecule has 0 saturated carbocycles. The molecule has 1 atom stereocenters. The molecule has 0 unspecified atom stereocenters. The predicted molar refractivity (Wildman–Crippen MR) is 97.7 cm³/mol. The average Bonchev–Trinajstić information content (AvgIpc) is 2.94. The number of aliphatic hydroxyl groups is 1. The van der Waals surface area contributed by atoms with Crippen LogP contribution >= 0.6 is 0 Å². The van der Waals surface area contributed by atoms with Crippen molar-refractivity contribution in [3.05, 3.63) is 47.3 Å². The number of benzene rings is 1. The van der Waals surface area contributed by atoms with Gasteiger partial charge in [0.1, 0.15) is 0 Å². The highest BCUT2D eigenvalue weighted by molar-refractivity contribution is 5.80. The van der Waals surface area contributed by atoms with Gasteiger partial charge in [-0.2, -0.15) is 5.10 Å². The highest BCUT2D eigenvalue weighted by atomic mass is 16.3. The Bertz CT molecular complexity index is 775. The van der Waals surface area contributed by atoms with Gasteiger partial charge in [0.25, 0.3) is 0 Å². The van der Waals surface area contributed by atoms with Crippen molar-refractivity contribution in [3.63, 3.8) is 0 Å². The smallest absolute Gasteiger partial charge is 0.227 e. The SMILES string of the molecule is Cc1nn(-c2ccccc2)c(C)c1CC(=O)N1CC(C)(C)[C@@](C)(O)C1. The monoisotopic (exact) mass is 341 g/mol. The van der Waals surface area contributed by atoms with Crippen molar-refractivity contribution in [1.29, 1.82) is 0 Å². The third-order valence-electron chi connectivity index (χ3n) is 5.67. The molecule has 1 aliphatic heterocycles. The number of hydrogen-bond donors (Lipinski definition) is 1. The van der Waals surface area contributed by atoms with Crippen LogP contribution in [0.5, 0.6) is 0 Å². The molecule has 0 bridgehead atoms. The number of carbonyl (C=O) groups excluding carboxylic acids is 1. The number of likely N-dealkylation sites (tertiary alicyclic amines) is 1. The van der Waals surface area contributed by atoms with Gasteiger partial charge < -0.3 is 10.0 Å². The molecule has 1 N–H and O–H groups in total. The largest absolute Gasteiger partial charge is 0.388 e. The van der Waals surface area contributed by atoms with E-state index in [1.165, 1.54) is 0 Å². The predicted octanol–water partition coefficient (Wildman–Crippen LogP) is 2.65. The van der Waals surface area contributed by atoms with Gasteiger partial charge in [0.15, 0.2) is 0 Å². The Kier molecular flexibility index (Phi) is 4.23. The molecule has 5 nitrogen and oxygen atoms in total. The van der Waals surface area contributed by atoms with Gasteiger partial charge in [-0.3, -0.25) is 4.79 Å². The minimum absolute atomic E-state index is 0.0460. The molecule has 1 amide bonds. The lowest BCUT2D eigenvalue weighted by atomic mass is 9.79. The second kappa shape index (κ2) is 5.99. The quantitative estimate of drug-likeness (QED) is 0.934. The number of amides is 1. The Morgan fingerprint density at radius 1 is 1.16 bits per heavy atom. The third kappa shape index (κ3) is 3.09. The lowest BCUT2D eigenvalue weighted by molar-refractivity contribution is -0.130. The Hall–Kier alpha value is -2.14. The van der Waals surface area contributed by atoms with Crippen molar-refractivity contribution in [2.75, 3.05) is 13.1 Å². The molecule has 25 heavy (non-hydrogen) atoms. The molecule has 2 heterocycles. The van der Waals surface area contributed by atoms with Crippen LogP contribution in [0.15, 0.2) is 30.3 Å². The molecule has 3 rings (SSSR count). The molecule has 0 aliphatic carbocycles. The second-order valence-electron chi connectivity index (χ2n) is 7.98. The number of para-hydroxylation sites is 1. The normalized spacial score (nSPS) is 22.4. The summed E-state index contributed by atoms with van der Waals surface area (Å²) in [7, 11) is 0. The summed E-state index contributed by atoms with van der Waals surface area (Å²) < 4.78 is 1.89. The van der Waals surface area contributed by atoms with Gasteiger partial charge in [-0.05, 0) is 32.9 Å². The summed E-state index contributed by atoms with van der Waals surface area (Å²) in [5.74, 6) is 0.0460. The molecule has 1 aliphatic rings. The van der Waals surface area contributed by atoms with Gasteiger partial charge in [0, 0.05) is 29.8 Å². The molecule has 0 spiro atoms. The standard InChI is InChI=1S/C20H27N3O2/c1-14-17(15(2)23(21-14)16-9-7-6-8-10-16)11-18(24)22-12-19(3,4)20(5,25)13-22/h6-10,25H,11-13H2,1-5H3/t20-/m0/s1. The highest BCUT2D eigenvalue weighted by Gasteiger charge is 2.49. The van der Waals surface area contributed by atoms with Crippen LogP contribution < -0.4 is 0 Å². The maximum absolute atomic E-state index is 12.8. The van der Waals surface area contributed by atoms with Crippen molar-refractivity contribution in [2.45, 2.75) is 46.6 Å². The lowest BCUT2D eigenvalue weighted by Gasteiger charge is -2.30. The maximum Gasteiger partial charge on any atom is 0.227 e. The van der Waals surface area contributed by atoms with E-state index in [-0.39, 0.29) is 11.3 Å². The summed E-state index contributed by atoms with van der Waals surface area (Å²) in [4.78, 5) is 14.6. The first-order valence-electron chi connectivity index (χ1n) is 8.73. The molecule has 0 radical (unpaired) electrons. The van der Waals surface area contributed by atoms with E-state index in [0.717, 1.165) is 22.6 Å². The number of aryl methyl sites for hydroxylation is 1. The Balaban J connectivity index is 1.83. The fourth-order valence-electron chi connectivity index (χ4n) is 3.48. The van der Waals surface area contributed by atoms with E-state index in [1.54, 1.807) is 4.90 Å². The summed E-state index contributed by atoms with van der Waals surface area (Å²) >= 11 is 0. The zero-order valence-corrected chi connectivity index (χ0v) is 15.7. The lowest BCUT2D eigenvalue weighted by Crippen LogP contribution is -2.40. The van der Waals surface area contributed by atoms with Crippen LogP contribution in [-0.2, 0) is 11.2 Å². The summed E-state index contributed by atoms with van der Waals surface area (Å²) in [5.41, 5.74) is 2.66. The molecule has 5 heteroatoms. The van der Waals surface area contributed by atoms with Gasteiger partial charge in [0.05, 0.1) is 23.4 Å². The number of hydrogen-bond acceptors (Lipinski definition) is 3. The van der Waals surface area contributed by atoms with E-state index in [0.29, 0.717) is 19.5 Å². The molecular weight excluding hydrogens is 314 g/mol. The van der Waals surface area contributed by atoms with Crippen molar-refractivity contribution >= 4 is 5.91 Å². The first-order valence-corrected chi connectivity index (χ1v) is 8.73. The molecule has 134 valence electrons. The van der Waals surface area contributed by atoms with Crippen LogP contribution in [-0.4, -0.2) is 44.4 Å². The third-order valence-corrected chi connectivity index (χ3v) is 5.67. The minimum atomic E-state index is -0.860. The van der Waals surface area contributed by atoms with Gasteiger partial charge in [-0.25, -0.2) is 4.68 Å². The topological polar surface area (TPSA) is 58.4 Å². The number of aromatic nitrogens is 2. The van der Waals surface area contributed by atoms with E-state index in [1.807, 2.05) is 69.6 Å².